The van der Waals surface area contributed by atoms with Crippen LogP contribution in [0.2, 0.25) is 0 Å². The molecule has 0 radical (unpaired) electrons. The van der Waals surface area contributed by atoms with Gasteiger partial charge in [0.15, 0.2) is 0 Å². The van der Waals surface area contributed by atoms with Crippen molar-refractivity contribution in [2.75, 3.05) is 18.5 Å². The summed E-state index contributed by atoms with van der Waals surface area (Å²) in [5, 5.41) is 7.50. The lowest BCUT2D eigenvalue weighted by Gasteiger charge is -2.09. The van der Waals surface area contributed by atoms with Crippen molar-refractivity contribution in [1.29, 1.82) is 0 Å². The van der Waals surface area contributed by atoms with E-state index in [-0.39, 0.29) is 17.9 Å². The summed E-state index contributed by atoms with van der Waals surface area (Å²) in [7, 11) is 0. The minimum atomic E-state index is -0.173. The van der Waals surface area contributed by atoms with Crippen LogP contribution >= 0.6 is 11.3 Å². The lowest BCUT2D eigenvalue weighted by atomic mass is 10.2. The molecule has 6 heteroatoms. The molecule has 0 bridgehead atoms. The molecule has 2 aromatic rings. The van der Waals surface area contributed by atoms with Crippen molar-refractivity contribution in [3.63, 3.8) is 0 Å². The summed E-state index contributed by atoms with van der Waals surface area (Å²) in [5.74, 6) is -0.333. The molecule has 0 aliphatic carbocycles. The lowest BCUT2D eigenvalue weighted by molar-refractivity contribution is 0.0757. The zero-order chi connectivity index (χ0) is 17.4. The van der Waals surface area contributed by atoms with Crippen LogP contribution in [-0.4, -0.2) is 31.1 Å². The minimum absolute atomic E-state index is 0.160. The van der Waals surface area contributed by atoms with Gasteiger partial charge < -0.3 is 15.4 Å². The maximum absolute atomic E-state index is 12.1. The van der Waals surface area contributed by atoms with E-state index in [1.807, 2.05) is 25.3 Å². The van der Waals surface area contributed by atoms with Gasteiger partial charge >= 0.3 is 0 Å². The van der Waals surface area contributed by atoms with Crippen LogP contribution < -0.4 is 10.6 Å². The molecule has 0 fully saturated rings. The summed E-state index contributed by atoms with van der Waals surface area (Å²) in [4.78, 5) is 24.8. The highest BCUT2D eigenvalue weighted by Gasteiger charge is 2.09. The van der Waals surface area contributed by atoms with Gasteiger partial charge in [-0.05, 0) is 49.9 Å². The molecule has 0 unspecified atom stereocenters. The molecule has 0 aliphatic heterocycles. The second-order valence-corrected chi connectivity index (χ2v) is 6.49. The number of hydrogen-bond acceptors (Lipinski definition) is 4. The van der Waals surface area contributed by atoms with Crippen molar-refractivity contribution in [2.24, 2.45) is 0 Å². The SMILES string of the molecule is CC(C)OCCCNC(=O)c1cccc(NC(=O)c2cccs2)c1. The van der Waals surface area contributed by atoms with Crippen LogP contribution in [0.5, 0.6) is 0 Å². The zero-order valence-electron chi connectivity index (χ0n) is 13.9. The Kier molecular flexibility index (Phi) is 6.96. The first-order chi connectivity index (χ1) is 11.6. The third kappa shape index (κ3) is 5.79. The first kappa shape index (κ1) is 18.2. The standard InChI is InChI=1S/C18H22N2O3S/c1-13(2)23-10-5-9-19-17(21)14-6-3-7-15(12-14)20-18(22)16-8-4-11-24-16/h3-4,6-8,11-13H,5,9-10H2,1-2H3,(H,19,21)(H,20,22). The number of carbonyl (C=O) groups excluding carboxylic acids is 2. The van der Waals surface area contributed by atoms with Gasteiger partial charge in [-0.15, -0.1) is 11.3 Å². The highest BCUT2D eigenvalue weighted by Crippen LogP contribution is 2.15. The Morgan fingerprint density at radius 2 is 2.00 bits per heavy atom. The second-order valence-electron chi connectivity index (χ2n) is 5.54. The summed E-state index contributed by atoms with van der Waals surface area (Å²) in [5.41, 5.74) is 1.12. The maximum Gasteiger partial charge on any atom is 0.265 e. The highest BCUT2D eigenvalue weighted by atomic mass is 32.1. The fraction of sp³-hybridized carbons (Fsp3) is 0.333. The topological polar surface area (TPSA) is 67.4 Å². The monoisotopic (exact) mass is 346 g/mol. The van der Waals surface area contributed by atoms with Gasteiger partial charge in [-0.1, -0.05) is 12.1 Å². The number of benzene rings is 1. The Labute approximate surface area is 146 Å². The lowest BCUT2D eigenvalue weighted by Crippen LogP contribution is -2.25. The van der Waals surface area contributed by atoms with E-state index in [0.717, 1.165) is 6.42 Å². The molecular weight excluding hydrogens is 324 g/mol. The third-order valence-electron chi connectivity index (χ3n) is 3.19. The van der Waals surface area contributed by atoms with Crippen molar-refractivity contribution in [3.05, 3.63) is 52.2 Å². The average Bonchev–Trinajstić information content (AvgIpc) is 3.09. The van der Waals surface area contributed by atoms with E-state index in [1.165, 1.54) is 11.3 Å². The first-order valence-electron chi connectivity index (χ1n) is 7.91. The summed E-state index contributed by atoms with van der Waals surface area (Å²) in [6.45, 7) is 5.13. The molecular formula is C18H22N2O3S. The predicted molar refractivity (Wildman–Crippen MR) is 96.8 cm³/mol. The molecule has 1 heterocycles. The van der Waals surface area contributed by atoms with E-state index in [2.05, 4.69) is 10.6 Å². The molecule has 1 aromatic carbocycles. The Bertz CT molecular complexity index is 669. The molecule has 1 aromatic heterocycles. The number of anilines is 1. The number of thiophene rings is 1. The Morgan fingerprint density at radius 3 is 2.71 bits per heavy atom. The predicted octanol–water partition coefficient (Wildman–Crippen LogP) is 3.55. The van der Waals surface area contributed by atoms with E-state index in [0.29, 0.717) is 29.3 Å². The van der Waals surface area contributed by atoms with E-state index < -0.39 is 0 Å². The number of nitrogens with one attached hydrogen (secondary N) is 2. The van der Waals surface area contributed by atoms with Crippen molar-refractivity contribution < 1.29 is 14.3 Å². The summed E-state index contributed by atoms with van der Waals surface area (Å²) in [6.07, 6.45) is 0.961. The van der Waals surface area contributed by atoms with E-state index in [9.17, 15) is 9.59 Å². The number of rotatable bonds is 8. The van der Waals surface area contributed by atoms with Crippen LogP contribution in [0, 0.1) is 0 Å². The van der Waals surface area contributed by atoms with Crippen LogP contribution in [0.25, 0.3) is 0 Å². The van der Waals surface area contributed by atoms with Gasteiger partial charge in [-0.3, -0.25) is 9.59 Å². The minimum Gasteiger partial charge on any atom is -0.379 e. The summed E-state index contributed by atoms with van der Waals surface area (Å²) >= 11 is 1.38. The smallest absolute Gasteiger partial charge is 0.265 e. The molecule has 0 saturated carbocycles. The zero-order valence-corrected chi connectivity index (χ0v) is 14.7. The van der Waals surface area contributed by atoms with Gasteiger partial charge in [0.25, 0.3) is 11.8 Å². The molecule has 0 aliphatic rings. The molecule has 128 valence electrons. The van der Waals surface area contributed by atoms with Crippen LogP contribution in [0.3, 0.4) is 0 Å². The van der Waals surface area contributed by atoms with Crippen molar-refractivity contribution in [1.82, 2.24) is 5.32 Å². The molecule has 2 rings (SSSR count). The van der Waals surface area contributed by atoms with Gasteiger partial charge in [0.1, 0.15) is 0 Å². The average molecular weight is 346 g/mol. The normalized spacial score (nSPS) is 10.6. The molecule has 2 amide bonds. The van der Waals surface area contributed by atoms with E-state index in [1.54, 1.807) is 30.3 Å². The number of carbonyl (C=O) groups is 2. The van der Waals surface area contributed by atoms with Gasteiger partial charge in [0.05, 0.1) is 11.0 Å². The van der Waals surface area contributed by atoms with Crippen LogP contribution in [0.1, 0.15) is 40.3 Å². The molecule has 2 N–H and O–H groups in total. The van der Waals surface area contributed by atoms with Crippen LogP contribution in [0.15, 0.2) is 41.8 Å². The fourth-order valence-corrected chi connectivity index (χ4v) is 2.65. The van der Waals surface area contributed by atoms with Crippen molar-refractivity contribution >= 4 is 28.8 Å². The molecule has 0 saturated heterocycles. The first-order valence-corrected chi connectivity index (χ1v) is 8.79. The molecule has 24 heavy (non-hydrogen) atoms. The van der Waals surface area contributed by atoms with Crippen molar-refractivity contribution in [3.8, 4) is 0 Å². The number of ether oxygens (including phenoxy) is 1. The van der Waals surface area contributed by atoms with Crippen LogP contribution in [0.4, 0.5) is 5.69 Å². The van der Waals surface area contributed by atoms with Gasteiger partial charge in [0.2, 0.25) is 0 Å². The number of amides is 2. The van der Waals surface area contributed by atoms with Crippen molar-refractivity contribution in [2.45, 2.75) is 26.4 Å². The molecule has 0 spiro atoms. The second kappa shape index (κ2) is 9.20. The van der Waals surface area contributed by atoms with E-state index in [4.69, 9.17) is 4.74 Å². The summed E-state index contributed by atoms with van der Waals surface area (Å²) in [6, 6.07) is 10.5. The molecule has 0 atom stereocenters. The van der Waals surface area contributed by atoms with Gasteiger partial charge in [-0.2, -0.15) is 0 Å². The van der Waals surface area contributed by atoms with Crippen LogP contribution in [-0.2, 0) is 4.74 Å². The Balaban J connectivity index is 1.85. The fourth-order valence-electron chi connectivity index (χ4n) is 2.03. The van der Waals surface area contributed by atoms with E-state index >= 15 is 0 Å². The molecule has 5 nitrogen and oxygen atoms in total. The quantitative estimate of drug-likeness (QED) is 0.718. The summed E-state index contributed by atoms with van der Waals surface area (Å²) < 4.78 is 5.43. The third-order valence-corrected chi connectivity index (χ3v) is 4.05. The Hall–Kier alpha value is -2.18. The Morgan fingerprint density at radius 1 is 1.17 bits per heavy atom. The highest BCUT2D eigenvalue weighted by molar-refractivity contribution is 7.12. The van der Waals surface area contributed by atoms with Gasteiger partial charge in [-0.25, -0.2) is 0 Å². The maximum atomic E-state index is 12.1. The van der Waals surface area contributed by atoms with Gasteiger partial charge in [0, 0.05) is 24.4 Å². The largest absolute Gasteiger partial charge is 0.379 e. The number of hydrogen-bond donors (Lipinski definition) is 2.